The number of halogens is 2. The molecule has 0 aromatic heterocycles. The number of amides is 1. The van der Waals surface area contributed by atoms with Crippen molar-refractivity contribution in [3.8, 4) is 0 Å². The van der Waals surface area contributed by atoms with E-state index in [9.17, 15) is 14.3 Å². The molecule has 2 rings (SSSR count). The van der Waals surface area contributed by atoms with Gasteiger partial charge in [0.1, 0.15) is 12.4 Å². The molecule has 2 aromatic rings. The van der Waals surface area contributed by atoms with Crippen LogP contribution in [-0.2, 0) is 11.3 Å². The molecule has 0 spiro atoms. The van der Waals surface area contributed by atoms with Gasteiger partial charge < -0.3 is 15.2 Å². The summed E-state index contributed by atoms with van der Waals surface area (Å²) < 4.78 is 18.6. The molecular weight excluding hydrogens is 353 g/mol. The Balaban J connectivity index is 1.82. The van der Waals surface area contributed by atoms with Crippen LogP contribution in [0, 0.1) is 5.82 Å². The van der Waals surface area contributed by atoms with E-state index >= 15 is 0 Å². The lowest BCUT2D eigenvalue weighted by Gasteiger charge is -2.14. The molecule has 0 saturated heterocycles. The minimum atomic E-state index is -1.03. The fraction of sp³-hybridized carbons (Fsp3) is 0.188. The van der Waals surface area contributed by atoms with Gasteiger partial charge in [0.15, 0.2) is 0 Å². The average molecular weight is 368 g/mol. The summed E-state index contributed by atoms with van der Waals surface area (Å²) in [6.45, 7) is 0.0715. The fourth-order valence-electron chi connectivity index (χ4n) is 1.84. The molecule has 0 aliphatic carbocycles. The minimum absolute atomic E-state index is 0.0737. The van der Waals surface area contributed by atoms with Crippen molar-refractivity contribution in [2.75, 3.05) is 6.54 Å². The van der Waals surface area contributed by atoms with E-state index in [-0.39, 0.29) is 17.6 Å². The summed E-state index contributed by atoms with van der Waals surface area (Å²) in [5.41, 5.74) is 1.23. The van der Waals surface area contributed by atoms with E-state index in [0.717, 1.165) is 5.56 Å². The van der Waals surface area contributed by atoms with Crippen LogP contribution in [0.25, 0.3) is 0 Å². The van der Waals surface area contributed by atoms with Gasteiger partial charge in [-0.3, -0.25) is 0 Å². The zero-order chi connectivity index (χ0) is 15.9. The summed E-state index contributed by atoms with van der Waals surface area (Å²) in [6, 6.07) is 13.6. The molecule has 0 heterocycles. The molecule has 4 nitrogen and oxygen atoms in total. The summed E-state index contributed by atoms with van der Waals surface area (Å²) >= 11 is 3.07. The predicted octanol–water partition coefficient (Wildman–Crippen LogP) is 3.55. The minimum Gasteiger partial charge on any atom is -0.445 e. The molecule has 0 aliphatic rings. The van der Waals surface area contributed by atoms with Crippen molar-refractivity contribution in [1.29, 1.82) is 0 Å². The quantitative estimate of drug-likeness (QED) is 0.849. The molecule has 2 aromatic carbocycles. The SMILES string of the molecule is O=C(NCC(O)c1cccc(F)c1Br)OCc1ccccc1. The van der Waals surface area contributed by atoms with Gasteiger partial charge in [0.05, 0.1) is 17.1 Å². The number of benzene rings is 2. The molecule has 0 aliphatic heterocycles. The Morgan fingerprint density at radius 2 is 1.95 bits per heavy atom. The summed E-state index contributed by atoms with van der Waals surface area (Å²) in [4.78, 5) is 11.6. The largest absolute Gasteiger partial charge is 0.445 e. The molecule has 116 valence electrons. The second-order valence-electron chi connectivity index (χ2n) is 4.60. The van der Waals surface area contributed by atoms with Gasteiger partial charge in [0.25, 0.3) is 0 Å². The molecule has 0 saturated carbocycles. The number of rotatable bonds is 5. The lowest BCUT2D eigenvalue weighted by atomic mass is 10.1. The second kappa shape index (κ2) is 7.91. The van der Waals surface area contributed by atoms with Crippen molar-refractivity contribution in [3.63, 3.8) is 0 Å². The average Bonchev–Trinajstić information content (AvgIpc) is 2.54. The summed E-state index contributed by atoms with van der Waals surface area (Å²) in [5.74, 6) is -0.469. The number of carbonyl (C=O) groups excluding carboxylic acids is 1. The highest BCUT2D eigenvalue weighted by Gasteiger charge is 2.15. The van der Waals surface area contributed by atoms with E-state index in [2.05, 4.69) is 21.2 Å². The van der Waals surface area contributed by atoms with Gasteiger partial charge in [-0.2, -0.15) is 0 Å². The molecule has 6 heteroatoms. The highest BCUT2D eigenvalue weighted by atomic mass is 79.9. The highest BCUT2D eigenvalue weighted by molar-refractivity contribution is 9.10. The van der Waals surface area contributed by atoms with E-state index in [1.807, 2.05) is 30.3 Å². The van der Waals surface area contributed by atoms with Gasteiger partial charge in [-0.15, -0.1) is 0 Å². The van der Waals surface area contributed by atoms with Crippen LogP contribution < -0.4 is 5.32 Å². The van der Waals surface area contributed by atoms with Gasteiger partial charge >= 0.3 is 6.09 Å². The number of aliphatic hydroxyl groups is 1. The molecule has 0 fully saturated rings. The van der Waals surface area contributed by atoms with Crippen LogP contribution in [0.15, 0.2) is 53.0 Å². The van der Waals surface area contributed by atoms with Crippen molar-refractivity contribution in [2.45, 2.75) is 12.7 Å². The number of nitrogens with one attached hydrogen (secondary N) is 1. The maximum absolute atomic E-state index is 13.4. The van der Waals surface area contributed by atoms with Crippen LogP contribution >= 0.6 is 15.9 Å². The molecule has 1 atom stereocenters. The van der Waals surface area contributed by atoms with Crippen LogP contribution in [-0.4, -0.2) is 17.7 Å². The first-order valence-corrected chi connectivity index (χ1v) is 7.43. The first kappa shape index (κ1) is 16.5. The topological polar surface area (TPSA) is 58.6 Å². The van der Waals surface area contributed by atoms with E-state index in [0.29, 0.717) is 5.56 Å². The molecule has 2 N–H and O–H groups in total. The predicted molar refractivity (Wildman–Crippen MR) is 83.7 cm³/mol. The van der Waals surface area contributed by atoms with Gasteiger partial charge in [0, 0.05) is 0 Å². The summed E-state index contributed by atoms with van der Waals surface area (Å²) in [6.07, 6.45) is -1.68. The van der Waals surface area contributed by atoms with Gasteiger partial charge in [-0.25, -0.2) is 9.18 Å². The Labute approximate surface area is 136 Å². The Hall–Kier alpha value is -1.92. The van der Waals surface area contributed by atoms with Crippen molar-refractivity contribution in [2.24, 2.45) is 0 Å². The maximum atomic E-state index is 13.4. The standard InChI is InChI=1S/C16H15BrFNO3/c17-15-12(7-4-8-13(15)18)14(20)9-19-16(21)22-10-11-5-2-1-3-6-11/h1-8,14,20H,9-10H2,(H,19,21). The zero-order valence-electron chi connectivity index (χ0n) is 11.6. The highest BCUT2D eigenvalue weighted by Crippen LogP contribution is 2.25. The van der Waals surface area contributed by atoms with E-state index in [1.165, 1.54) is 12.1 Å². The van der Waals surface area contributed by atoms with Crippen LogP contribution in [0.5, 0.6) is 0 Å². The Morgan fingerprint density at radius 3 is 2.68 bits per heavy atom. The van der Waals surface area contributed by atoms with Crippen LogP contribution in [0.4, 0.5) is 9.18 Å². The molecule has 1 unspecified atom stereocenters. The Bertz CT molecular complexity index is 637. The van der Waals surface area contributed by atoms with Crippen LogP contribution in [0.1, 0.15) is 17.2 Å². The third kappa shape index (κ3) is 4.54. The van der Waals surface area contributed by atoms with Crippen LogP contribution in [0.2, 0.25) is 0 Å². The third-order valence-electron chi connectivity index (χ3n) is 2.99. The van der Waals surface area contributed by atoms with Crippen molar-refractivity contribution < 1.29 is 19.0 Å². The smallest absolute Gasteiger partial charge is 0.407 e. The van der Waals surface area contributed by atoms with Crippen molar-refractivity contribution in [3.05, 3.63) is 69.9 Å². The van der Waals surface area contributed by atoms with Crippen molar-refractivity contribution in [1.82, 2.24) is 5.32 Å². The van der Waals surface area contributed by atoms with E-state index in [4.69, 9.17) is 4.74 Å². The number of hydrogen-bond acceptors (Lipinski definition) is 3. The molecule has 22 heavy (non-hydrogen) atoms. The summed E-state index contributed by atoms with van der Waals surface area (Å²) in [5, 5.41) is 12.4. The Morgan fingerprint density at radius 1 is 1.23 bits per heavy atom. The van der Waals surface area contributed by atoms with Gasteiger partial charge in [-0.05, 0) is 33.1 Å². The maximum Gasteiger partial charge on any atom is 0.407 e. The first-order chi connectivity index (χ1) is 10.6. The monoisotopic (exact) mass is 367 g/mol. The normalized spacial score (nSPS) is 11.8. The second-order valence-corrected chi connectivity index (χ2v) is 5.39. The first-order valence-electron chi connectivity index (χ1n) is 6.64. The fourth-order valence-corrected chi connectivity index (χ4v) is 2.37. The van der Waals surface area contributed by atoms with E-state index in [1.54, 1.807) is 6.07 Å². The number of carbonyl (C=O) groups is 1. The zero-order valence-corrected chi connectivity index (χ0v) is 13.2. The number of aliphatic hydroxyl groups excluding tert-OH is 1. The van der Waals surface area contributed by atoms with Gasteiger partial charge in [0.2, 0.25) is 0 Å². The molecule has 0 bridgehead atoms. The summed E-state index contributed by atoms with van der Waals surface area (Å²) in [7, 11) is 0. The number of alkyl carbamates (subject to hydrolysis) is 1. The lowest BCUT2D eigenvalue weighted by Crippen LogP contribution is -2.29. The lowest BCUT2D eigenvalue weighted by molar-refractivity contribution is 0.125. The van der Waals surface area contributed by atoms with Crippen LogP contribution in [0.3, 0.4) is 0 Å². The Kier molecular flexibility index (Phi) is 5.91. The third-order valence-corrected chi connectivity index (χ3v) is 3.83. The number of ether oxygens (including phenoxy) is 1. The van der Waals surface area contributed by atoms with E-state index < -0.39 is 18.0 Å². The molecule has 1 amide bonds. The molecule has 0 radical (unpaired) electrons. The van der Waals surface area contributed by atoms with Crippen molar-refractivity contribution >= 4 is 22.0 Å². The van der Waals surface area contributed by atoms with Gasteiger partial charge in [-0.1, -0.05) is 42.5 Å². The number of hydrogen-bond donors (Lipinski definition) is 2. The molecular formula is C16H15BrFNO3.